The number of piperidine rings is 1. The van der Waals surface area contributed by atoms with E-state index in [4.69, 9.17) is 0 Å². The van der Waals surface area contributed by atoms with Crippen LogP contribution in [0.5, 0.6) is 0 Å². The number of aromatic nitrogens is 1. The van der Waals surface area contributed by atoms with Gasteiger partial charge < -0.3 is 20.1 Å². The lowest BCUT2D eigenvalue weighted by molar-refractivity contribution is -0.266. The van der Waals surface area contributed by atoms with Crippen LogP contribution in [-0.2, 0) is 17.9 Å². The van der Waals surface area contributed by atoms with Gasteiger partial charge in [0.15, 0.2) is 0 Å². The van der Waals surface area contributed by atoms with E-state index in [1.165, 1.54) is 11.8 Å². The summed E-state index contributed by atoms with van der Waals surface area (Å²) >= 11 is 0. The highest BCUT2D eigenvalue weighted by Crippen LogP contribution is 2.25. The van der Waals surface area contributed by atoms with Crippen molar-refractivity contribution in [1.29, 1.82) is 0 Å². The number of halogens is 3. The molecule has 1 aromatic carbocycles. The first-order valence-corrected chi connectivity index (χ1v) is 11.2. The Morgan fingerprint density at radius 1 is 1.18 bits per heavy atom. The van der Waals surface area contributed by atoms with E-state index < -0.39 is 18.7 Å². The number of hydrogen-bond acceptors (Lipinski definition) is 5. The number of alkyl halides is 3. The number of carbonyl (C=O) groups excluding carboxylic acids is 2. The molecular weight excluding hydrogens is 449 g/mol. The largest absolute Gasteiger partial charge is 0.530 e. The molecule has 3 rings (SSSR count). The Labute approximate surface area is 196 Å². The first-order valence-electron chi connectivity index (χ1n) is 11.2. The maximum atomic E-state index is 12.9. The molecule has 2 aromatic rings. The van der Waals surface area contributed by atoms with Gasteiger partial charge in [-0.15, -0.1) is 0 Å². The average molecular weight is 478 g/mol. The molecule has 7 nitrogen and oxygen atoms in total. The highest BCUT2D eigenvalue weighted by molar-refractivity contribution is 5.72. The van der Waals surface area contributed by atoms with Crippen molar-refractivity contribution in [2.75, 3.05) is 19.6 Å². The smallest absolute Gasteiger partial charge is 0.390 e. The fourth-order valence-corrected chi connectivity index (χ4v) is 4.07. The van der Waals surface area contributed by atoms with Gasteiger partial charge in [0.1, 0.15) is 6.09 Å². The number of amides is 2. The van der Waals surface area contributed by atoms with E-state index in [0.29, 0.717) is 25.9 Å². The number of benzene rings is 1. The van der Waals surface area contributed by atoms with E-state index in [-0.39, 0.29) is 31.6 Å². The van der Waals surface area contributed by atoms with Gasteiger partial charge in [-0.25, -0.2) is 0 Å². The van der Waals surface area contributed by atoms with Gasteiger partial charge in [0, 0.05) is 57.4 Å². The minimum atomic E-state index is -4.27. The van der Waals surface area contributed by atoms with Crippen molar-refractivity contribution in [2.24, 2.45) is 0 Å². The summed E-state index contributed by atoms with van der Waals surface area (Å²) in [5.74, 6) is -0.117. The Bertz CT molecular complexity index is 974. The van der Waals surface area contributed by atoms with Crippen LogP contribution in [-0.4, -0.2) is 58.6 Å². The molecular formula is C24H28F3N4O3-. The van der Waals surface area contributed by atoms with Crippen LogP contribution < -0.4 is 10.4 Å². The molecule has 1 N–H and O–H groups in total. The summed E-state index contributed by atoms with van der Waals surface area (Å²) < 4.78 is 38.7. The van der Waals surface area contributed by atoms with Crippen LogP contribution in [0.2, 0.25) is 0 Å². The molecule has 0 aliphatic carbocycles. The first kappa shape index (κ1) is 25.5. The molecule has 0 bridgehead atoms. The summed E-state index contributed by atoms with van der Waals surface area (Å²) in [6, 6.07) is 11.1. The van der Waals surface area contributed by atoms with E-state index in [9.17, 15) is 27.9 Å². The van der Waals surface area contributed by atoms with Crippen LogP contribution in [0.4, 0.5) is 18.0 Å². The highest BCUT2D eigenvalue weighted by Gasteiger charge is 2.31. The minimum Gasteiger partial charge on any atom is -0.530 e. The molecule has 10 heteroatoms. The SMILES string of the molecule is CC(=O)NCc1cccc(-c2ccc(CN(CCC(F)(F)F)C3CCN(C(=O)[O-])CC3)cn2)c1. The molecule has 0 radical (unpaired) electrons. The van der Waals surface area contributed by atoms with Crippen molar-refractivity contribution >= 4 is 12.0 Å². The first-order chi connectivity index (χ1) is 16.1. The van der Waals surface area contributed by atoms with Crippen molar-refractivity contribution < 1.29 is 27.9 Å². The van der Waals surface area contributed by atoms with E-state index >= 15 is 0 Å². The molecule has 2 amide bonds. The summed E-state index contributed by atoms with van der Waals surface area (Å²) in [6.07, 6.45) is -3.88. The number of nitrogens with zero attached hydrogens (tertiary/aromatic N) is 3. The number of pyridine rings is 1. The quantitative estimate of drug-likeness (QED) is 0.632. The van der Waals surface area contributed by atoms with Gasteiger partial charge in [0.25, 0.3) is 0 Å². The molecule has 2 heterocycles. The molecule has 0 saturated carbocycles. The van der Waals surface area contributed by atoms with Crippen LogP contribution in [0.1, 0.15) is 37.3 Å². The van der Waals surface area contributed by atoms with Gasteiger partial charge in [-0.2, -0.15) is 13.2 Å². The molecule has 1 fully saturated rings. The Morgan fingerprint density at radius 2 is 1.91 bits per heavy atom. The Balaban J connectivity index is 1.69. The normalized spacial score (nSPS) is 14.9. The van der Waals surface area contributed by atoms with Crippen molar-refractivity contribution in [3.05, 3.63) is 53.7 Å². The number of likely N-dealkylation sites (tertiary alicyclic amines) is 1. The highest BCUT2D eigenvalue weighted by atomic mass is 19.4. The lowest BCUT2D eigenvalue weighted by atomic mass is 10.0. The predicted octanol–water partition coefficient (Wildman–Crippen LogP) is 2.95. The van der Waals surface area contributed by atoms with Gasteiger partial charge in [-0.05, 0) is 36.1 Å². The third-order valence-corrected chi connectivity index (χ3v) is 5.90. The molecule has 0 unspecified atom stereocenters. The molecule has 34 heavy (non-hydrogen) atoms. The molecule has 1 aliphatic heterocycles. The lowest BCUT2D eigenvalue weighted by Crippen LogP contribution is -2.50. The summed E-state index contributed by atoms with van der Waals surface area (Å²) in [5, 5.41) is 13.8. The van der Waals surface area contributed by atoms with Gasteiger partial charge in [-0.3, -0.25) is 14.7 Å². The topological polar surface area (TPSA) is 88.6 Å². The summed E-state index contributed by atoms with van der Waals surface area (Å²) in [7, 11) is 0. The lowest BCUT2D eigenvalue weighted by Gasteiger charge is -2.39. The summed E-state index contributed by atoms with van der Waals surface area (Å²) in [6.45, 7) is 2.50. The zero-order valence-corrected chi connectivity index (χ0v) is 19.0. The minimum absolute atomic E-state index is 0.117. The van der Waals surface area contributed by atoms with Crippen LogP contribution in [0.15, 0.2) is 42.6 Å². The zero-order chi connectivity index (χ0) is 24.7. The second-order valence-corrected chi connectivity index (χ2v) is 8.48. The number of rotatable bonds is 8. The van der Waals surface area contributed by atoms with Gasteiger partial charge in [0.05, 0.1) is 12.1 Å². The zero-order valence-electron chi connectivity index (χ0n) is 19.0. The second-order valence-electron chi connectivity index (χ2n) is 8.48. The predicted molar refractivity (Wildman–Crippen MR) is 118 cm³/mol. The van der Waals surface area contributed by atoms with Crippen molar-refractivity contribution in [2.45, 2.75) is 51.5 Å². The molecule has 1 aliphatic rings. The van der Waals surface area contributed by atoms with E-state index in [1.807, 2.05) is 36.4 Å². The molecule has 0 atom stereocenters. The second kappa shape index (κ2) is 11.3. The van der Waals surface area contributed by atoms with Gasteiger partial charge in [-0.1, -0.05) is 24.3 Å². The molecule has 1 saturated heterocycles. The number of nitrogens with one attached hydrogen (secondary N) is 1. The number of hydrogen-bond donors (Lipinski definition) is 1. The number of carbonyl (C=O) groups is 2. The maximum Gasteiger partial charge on any atom is 0.390 e. The van der Waals surface area contributed by atoms with E-state index in [2.05, 4.69) is 10.3 Å². The Morgan fingerprint density at radius 3 is 2.50 bits per heavy atom. The fraction of sp³-hybridized carbons (Fsp3) is 0.458. The summed E-state index contributed by atoms with van der Waals surface area (Å²) in [5.41, 5.74) is 3.30. The summed E-state index contributed by atoms with van der Waals surface area (Å²) in [4.78, 5) is 29.6. The van der Waals surface area contributed by atoms with E-state index in [1.54, 1.807) is 11.1 Å². The molecule has 0 spiro atoms. The molecule has 1 aromatic heterocycles. The third-order valence-electron chi connectivity index (χ3n) is 5.90. The van der Waals surface area contributed by atoms with Crippen molar-refractivity contribution in [1.82, 2.24) is 20.1 Å². The third kappa shape index (κ3) is 7.72. The Kier molecular flexibility index (Phi) is 8.49. The van der Waals surface area contributed by atoms with Crippen LogP contribution in [0.3, 0.4) is 0 Å². The van der Waals surface area contributed by atoms with Crippen molar-refractivity contribution in [3.63, 3.8) is 0 Å². The monoisotopic (exact) mass is 477 g/mol. The van der Waals surface area contributed by atoms with Crippen LogP contribution in [0.25, 0.3) is 11.3 Å². The Hall–Kier alpha value is -3.14. The van der Waals surface area contributed by atoms with E-state index in [0.717, 1.165) is 22.4 Å². The number of carboxylic acid groups (broad SMARTS) is 1. The maximum absolute atomic E-state index is 12.9. The van der Waals surface area contributed by atoms with Crippen LogP contribution >= 0.6 is 0 Å². The van der Waals surface area contributed by atoms with Crippen molar-refractivity contribution in [3.8, 4) is 11.3 Å². The fourth-order valence-electron chi connectivity index (χ4n) is 4.07. The standard InChI is InChI=1S/C24H29F3N4O3/c1-17(32)28-14-18-3-2-4-20(13-18)22-6-5-19(15-29-22)16-31(12-9-24(25,26)27)21-7-10-30(11-8-21)23(33)34/h2-6,13,15,21H,7-12,14,16H2,1H3,(H,28,32)(H,33,34)/p-1. The van der Waals surface area contributed by atoms with Crippen LogP contribution in [0, 0.1) is 0 Å². The molecule has 184 valence electrons. The van der Waals surface area contributed by atoms with Gasteiger partial charge >= 0.3 is 6.18 Å². The average Bonchev–Trinajstić information content (AvgIpc) is 2.80. The van der Waals surface area contributed by atoms with Gasteiger partial charge in [0.2, 0.25) is 5.91 Å².